The number of hydrogen-bond acceptors (Lipinski definition) is 6. The molecule has 4 heterocycles. The third-order valence-electron chi connectivity index (χ3n) is 5.91. The number of para-hydroxylation sites is 1. The Kier molecular flexibility index (Phi) is 6.16. The highest BCUT2D eigenvalue weighted by atomic mass is 32.1. The van der Waals surface area contributed by atoms with Crippen LogP contribution in [0.1, 0.15) is 48.2 Å². The molecule has 0 amide bonds. The lowest BCUT2D eigenvalue weighted by Crippen LogP contribution is -2.34. The van der Waals surface area contributed by atoms with Crippen molar-refractivity contribution in [3.8, 4) is 5.75 Å². The van der Waals surface area contributed by atoms with E-state index in [9.17, 15) is 0 Å². The van der Waals surface area contributed by atoms with Crippen molar-refractivity contribution in [3.05, 3.63) is 88.9 Å². The summed E-state index contributed by atoms with van der Waals surface area (Å²) in [5, 5.41) is 3.33. The standard InChI is InChI=1S/C25H27N5OS/c1-2-19-16-26-25(27-17-19)30-14-10-20(11-15-30)23-28-22(18-32-23)24(29-12-6-7-13-29)31-21-8-4-3-5-9-21/h3-9,12-13,16-18,20,24H,2,10-11,14-15H2,1H3. The van der Waals surface area contributed by atoms with Crippen molar-refractivity contribution in [2.75, 3.05) is 18.0 Å². The van der Waals surface area contributed by atoms with Gasteiger partial charge in [-0.05, 0) is 49.1 Å². The fraction of sp³-hybridized carbons (Fsp3) is 0.320. The van der Waals surface area contributed by atoms with E-state index < -0.39 is 0 Å². The molecule has 6 nitrogen and oxygen atoms in total. The molecule has 5 rings (SSSR count). The molecule has 1 aliphatic rings. The van der Waals surface area contributed by atoms with Crippen molar-refractivity contribution in [2.24, 2.45) is 0 Å². The van der Waals surface area contributed by atoms with Crippen molar-refractivity contribution in [2.45, 2.75) is 38.3 Å². The number of thiazole rings is 1. The zero-order chi connectivity index (χ0) is 21.8. The first kappa shape index (κ1) is 20.7. The van der Waals surface area contributed by atoms with E-state index in [2.05, 4.69) is 31.7 Å². The van der Waals surface area contributed by atoms with Gasteiger partial charge in [0.15, 0.2) is 0 Å². The second-order valence-corrected chi connectivity index (χ2v) is 8.92. The number of nitrogens with zero attached hydrogens (tertiary/aromatic N) is 5. The Bertz CT molecular complexity index is 1100. The Morgan fingerprint density at radius 2 is 1.75 bits per heavy atom. The van der Waals surface area contributed by atoms with Crippen LogP contribution < -0.4 is 9.64 Å². The van der Waals surface area contributed by atoms with Crippen LogP contribution in [0, 0.1) is 0 Å². The SMILES string of the molecule is CCc1cnc(N2CCC(c3nc(C(Oc4ccccc4)n4cccc4)cs3)CC2)nc1. The number of piperidine rings is 1. The predicted octanol–water partition coefficient (Wildman–Crippen LogP) is 5.31. The first-order valence-corrected chi connectivity index (χ1v) is 12.0. The third-order valence-corrected chi connectivity index (χ3v) is 6.93. The van der Waals surface area contributed by atoms with Crippen LogP contribution in [0.5, 0.6) is 5.75 Å². The molecule has 1 fully saturated rings. The highest BCUT2D eigenvalue weighted by Gasteiger charge is 2.26. The van der Waals surface area contributed by atoms with Gasteiger partial charge in [-0.25, -0.2) is 15.0 Å². The summed E-state index contributed by atoms with van der Waals surface area (Å²) in [6, 6.07) is 14.0. The van der Waals surface area contributed by atoms with Crippen LogP contribution >= 0.6 is 11.3 Å². The van der Waals surface area contributed by atoms with Crippen LogP contribution in [0.4, 0.5) is 5.95 Å². The average Bonchev–Trinajstić information content (AvgIpc) is 3.56. The molecule has 3 aromatic heterocycles. The van der Waals surface area contributed by atoms with Crippen molar-refractivity contribution in [1.29, 1.82) is 0 Å². The summed E-state index contributed by atoms with van der Waals surface area (Å²) in [5.41, 5.74) is 2.12. The summed E-state index contributed by atoms with van der Waals surface area (Å²) in [6.07, 6.45) is 10.7. The molecule has 1 atom stereocenters. The minimum Gasteiger partial charge on any atom is -0.464 e. The van der Waals surface area contributed by atoms with Gasteiger partial charge >= 0.3 is 0 Å². The Balaban J connectivity index is 1.28. The van der Waals surface area contributed by atoms with Gasteiger partial charge < -0.3 is 14.2 Å². The van der Waals surface area contributed by atoms with E-state index in [0.29, 0.717) is 5.92 Å². The zero-order valence-corrected chi connectivity index (χ0v) is 19.0. The van der Waals surface area contributed by atoms with Gasteiger partial charge in [0.05, 0.1) is 5.01 Å². The van der Waals surface area contributed by atoms with E-state index in [0.717, 1.165) is 49.7 Å². The molecule has 0 spiro atoms. The summed E-state index contributed by atoms with van der Waals surface area (Å²) in [6.45, 7) is 4.02. The van der Waals surface area contributed by atoms with Gasteiger partial charge in [0, 0.05) is 49.2 Å². The average molecular weight is 446 g/mol. The van der Waals surface area contributed by atoms with Crippen LogP contribution in [0.2, 0.25) is 0 Å². The molecule has 4 aromatic rings. The van der Waals surface area contributed by atoms with Crippen LogP contribution in [0.3, 0.4) is 0 Å². The van der Waals surface area contributed by atoms with Crippen LogP contribution in [-0.2, 0) is 6.42 Å². The van der Waals surface area contributed by atoms with E-state index in [-0.39, 0.29) is 6.23 Å². The zero-order valence-electron chi connectivity index (χ0n) is 18.2. The molecule has 32 heavy (non-hydrogen) atoms. The molecule has 0 N–H and O–H groups in total. The lowest BCUT2D eigenvalue weighted by molar-refractivity contribution is 0.170. The normalized spacial score (nSPS) is 15.6. The van der Waals surface area contributed by atoms with Gasteiger partial charge in [-0.1, -0.05) is 25.1 Å². The lowest BCUT2D eigenvalue weighted by atomic mass is 9.98. The number of rotatable bonds is 7. The number of anilines is 1. The smallest absolute Gasteiger partial charge is 0.225 e. The van der Waals surface area contributed by atoms with Gasteiger partial charge in [-0.15, -0.1) is 11.3 Å². The van der Waals surface area contributed by atoms with Crippen molar-refractivity contribution >= 4 is 17.3 Å². The number of aromatic nitrogens is 4. The highest BCUT2D eigenvalue weighted by molar-refractivity contribution is 7.09. The minimum atomic E-state index is -0.275. The first-order chi connectivity index (χ1) is 15.8. The molecule has 0 bridgehead atoms. The molecule has 1 aromatic carbocycles. The quantitative estimate of drug-likeness (QED) is 0.386. The highest BCUT2D eigenvalue weighted by Crippen LogP contribution is 2.33. The maximum Gasteiger partial charge on any atom is 0.225 e. The summed E-state index contributed by atoms with van der Waals surface area (Å²) < 4.78 is 8.38. The molecular weight excluding hydrogens is 418 g/mol. The Morgan fingerprint density at radius 3 is 2.44 bits per heavy atom. The lowest BCUT2D eigenvalue weighted by Gasteiger charge is -2.31. The number of ether oxygens (including phenoxy) is 1. The predicted molar refractivity (Wildman–Crippen MR) is 127 cm³/mol. The monoisotopic (exact) mass is 445 g/mol. The number of hydrogen-bond donors (Lipinski definition) is 0. The van der Waals surface area contributed by atoms with Crippen molar-refractivity contribution < 1.29 is 4.74 Å². The molecule has 0 saturated carbocycles. The first-order valence-electron chi connectivity index (χ1n) is 11.2. The summed E-state index contributed by atoms with van der Waals surface area (Å²) in [4.78, 5) is 16.4. The second-order valence-electron chi connectivity index (χ2n) is 8.03. The van der Waals surface area contributed by atoms with E-state index in [4.69, 9.17) is 9.72 Å². The van der Waals surface area contributed by atoms with Crippen LogP contribution in [-0.4, -0.2) is 32.6 Å². The fourth-order valence-electron chi connectivity index (χ4n) is 4.03. The van der Waals surface area contributed by atoms with Crippen molar-refractivity contribution in [1.82, 2.24) is 19.5 Å². The summed E-state index contributed by atoms with van der Waals surface area (Å²) in [5.74, 6) is 2.13. The molecule has 1 unspecified atom stereocenters. The molecule has 7 heteroatoms. The Morgan fingerprint density at radius 1 is 1.03 bits per heavy atom. The Labute approximate surface area is 192 Å². The van der Waals surface area contributed by atoms with Gasteiger partial charge in [0.1, 0.15) is 11.4 Å². The van der Waals surface area contributed by atoms with Gasteiger partial charge in [-0.2, -0.15) is 0 Å². The Hall–Kier alpha value is -3.19. The van der Waals surface area contributed by atoms with E-state index in [1.807, 2.05) is 67.3 Å². The number of benzene rings is 1. The van der Waals surface area contributed by atoms with Gasteiger partial charge in [0.2, 0.25) is 12.2 Å². The van der Waals surface area contributed by atoms with E-state index in [1.54, 1.807) is 11.3 Å². The fourth-order valence-corrected chi connectivity index (χ4v) is 5.02. The van der Waals surface area contributed by atoms with Crippen LogP contribution in [0.25, 0.3) is 0 Å². The second kappa shape index (κ2) is 9.53. The molecule has 164 valence electrons. The molecular formula is C25H27N5OS. The van der Waals surface area contributed by atoms with Crippen LogP contribution in [0.15, 0.2) is 72.6 Å². The summed E-state index contributed by atoms with van der Waals surface area (Å²) in [7, 11) is 0. The van der Waals surface area contributed by atoms with E-state index >= 15 is 0 Å². The maximum atomic E-state index is 6.32. The molecule has 0 aliphatic carbocycles. The van der Waals surface area contributed by atoms with Crippen molar-refractivity contribution in [3.63, 3.8) is 0 Å². The molecule has 0 radical (unpaired) electrons. The number of aryl methyl sites for hydroxylation is 1. The largest absolute Gasteiger partial charge is 0.464 e. The molecule has 1 saturated heterocycles. The third kappa shape index (κ3) is 4.53. The van der Waals surface area contributed by atoms with Gasteiger partial charge in [0.25, 0.3) is 0 Å². The maximum absolute atomic E-state index is 6.32. The minimum absolute atomic E-state index is 0.275. The van der Waals surface area contributed by atoms with E-state index in [1.165, 1.54) is 10.6 Å². The summed E-state index contributed by atoms with van der Waals surface area (Å²) >= 11 is 1.74. The van der Waals surface area contributed by atoms with Gasteiger partial charge in [-0.3, -0.25) is 0 Å². The molecule has 1 aliphatic heterocycles. The topological polar surface area (TPSA) is 56.1 Å².